The predicted octanol–water partition coefficient (Wildman–Crippen LogP) is 3.01. The van der Waals surface area contributed by atoms with Crippen molar-refractivity contribution in [2.75, 3.05) is 18.5 Å². The lowest BCUT2D eigenvalue weighted by molar-refractivity contribution is -0.116. The van der Waals surface area contributed by atoms with Gasteiger partial charge in [-0.15, -0.1) is 0 Å². The molecule has 3 heterocycles. The largest absolute Gasteiger partial charge is 0.493 e. The molecule has 0 spiro atoms. The van der Waals surface area contributed by atoms with Crippen molar-refractivity contribution >= 4 is 28.6 Å². The SMILES string of the molecule is O=C(Cn1c(=O)oc2ccccc21)Nc1ccc2c(c1)C(=O)N1CCCCC1CCO2. The first-order valence-corrected chi connectivity index (χ1v) is 10.6. The van der Waals surface area contributed by atoms with Gasteiger partial charge in [0.1, 0.15) is 12.3 Å². The van der Waals surface area contributed by atoms with Gasteiger partial charge in [0.15, 0.2) is 5.58 Å². The van der Waals surface area contributed by atoms with E-state index in [4.69, 9.17) is 9.15 Å². The van der Waals surface area contributed by atoms with Gasteiger partial charge in [0, 0.05) is 24.7 Å². The topological polar surface area (TPSA) is 93.8 Å². The van der Waals surface area contributed by atoms with E-state index in [1.54, 1.807) is 42.5 Å². The summed E-state index contributed by atoms with van der Waals surface area (Å²) in [6.45, 7) is 1.12. The van der Waals surface area contributed by atoms with E-state index < -0.39 is 5.76 Å². The van der Waals surface area contributed by atoms with Crippen molar-refractivity contribution in [3.05, 3.63) is 58.6 Å². The number of amides is 2. The van der Waals surface area contributed by atoms with Crippen molar-refractivity contribution in [3.8, 4) is 5.75 Å². The van der Waals surface area contributed by atoms with Crippen molar-refractivity contribution in [1.82, 2.24) is 9.47 Å². The number of carbonyl (C=O) groups excluding carboxylic acids is 2. The highest BCUT2D eigenvalue weighted by molar-refractivity contribution is 6.00. The summed E-state index contributed by atoms with van der Waals surface area (Å²) in [5.41, 5.74) is 1.92. The molecule has 1 N–H and O–H groups in total. The normalized spacial score (nSPS) is 18.5. The number of nitrogens with zero attached hydrogens (tertiary/aromatic N) is 2. The van der Waals surface area contributed by atoms with Crippen LogP contribution in [0.3, 0.4) is 0 Å². The number of benzene rings is 2. The van der Waals surface area contributed by atoms with E-state index in [0.717, 1.165) is 32.2 Å². The third-order valence-corrected chi connectivity index (χ3v) is 5.97. The molecule has 1 aromatic heterocycles. The molecular formula is C23H23N3O5. The van der Waals surface area contributed by atoms with Crippen molar-refractivity contribution < 1.29 is 18.7 Å². The first-order chi connectivity index (χ1) is 15.1. The molecule has 2 aliphatic rings. The van der Waals surface area contributed by atoms with Gasteiger partial charge in [0.2, 0.25) is 5.91 Å². The summed E-state index contributed by atoms with van der Waals surface area (Å²) < 4.78 is 12.3. The number of ether oxygens (including phenoxy) is 1. The zero-order valence-corrected chi connectivity index (χ0v) is 17.0. The molecule has 1 unspecified atom stereocenters. The number of nitrogens with one attached hydrogen (secondary N) is 1. The van der Waals surface area contributed by atoms with E-state index in [2.05, 4.69) is 5.32 Å². The van der Waals surface area contributed by atoms with Crippen LogP contribution in [0.1, 0.15) is 36.0 Å². The minimum Gasteiger partial charge on any atom is -0.493 e. The van der Waals surface area contributed by atoms with E-state index >= 15 is 0 Å². The lowest BCUT2D eigenvalue weighted by Gasteiger charge is -2.37. The molecule has 1 saturated heterocycles. The van der Waals surface area contributed by atoms with E-state index in [9.17, 15) is 14.4 Å². The Hall–Kier alpha value is -3.55. The highest BCUT2D eigenvalue weighted by Gasteiger charge is 2.31. The quantitative estimate of drug-likeness (QED) is 0.702. The van der Waals surface area contributed by atoms with Crippen LogP contribution < -0.4 is 15.8 Å². The molecule has 0 bridgehead atoms. The Labute approximate surface area is 178 Å². The van der Waals surface area contributed by atoms with Crippen LogP contribution >= 0.6 is 0 Å². The molecule has 8 heteroatoms. The third kappa shape index (κ3) is 3.69. The Morgan fingerprint density at radius 1 is 1.10 bits per heavy atom. The monoisotopic (exact) mass is 421 g/mol. The van der Waals surface area contributed by atoms with E-state index in [1.807, 2.05) is 4.90 Å². The summed E-state index contributed by atoms with van der Waals surface area (Å²) in [4.78, 5) is 39.9. The molecule has 2 aromatic carbocycles. The highest BCUT2D eigenvalue weighted by Crippen LogP contribution is 2.31. The maximum atomic E-state index is 13.2. The van der Waals surface area contributed by atoms with Crippen LogP contribution in [0.5, 0.6) is 5.75 Å². The average Bonchev–Trinajstić information content (AvgIpc) is 3.08. The fourth-order valence-electron chi connectivity index (χ4n) is 4.44. The van der Waals surface area contributed by atoms with Crippen molar-refractivity contribution in [2.24, 2.45) is 0 Å². The molecular weight excluding hydrogens is 398 g/mol. The number of hydrogen-bond acceptors (Lipinski definition) is 5. The molecule has 0 aliphatic carbocycles. The van der Waals surface area contributed by atoms with Crippen LogP contribution in [0, 0.1) is 0 Å². The second-order valence-electron chi connectivity index (χ2n) is 7.97. The van der Waals surface area contributed by atoms with Gasteiger partial charge >= 0.3 is 5.76 Å². The summed E-state index contributed by atoms with van der Waals surface area (Å²) in [5, 5.41) is 2.78. The fraction of sp³-hybridized carbons (Fsp3) is 0.348. The molecule has 1 atom stereocenters. The van der Waals surface area contributed by atoms with Crippen molar-refractivity contribution in [1.29, 1.82) is 0 Å². The fourth-order valence-corrected chi connectivity index (χ4v) is 4.44. The van der Waals surface area contributed by atoms with E-state index in [0.29, 0.717) is 34.7 Å². The maximum absolute atomic E-state index is 13.2. The Kier molecular flexibility index (Phi) is 4.97. The van der Waals surface area contributed by atoms with Gasteiger partial charge in [-0.3, -0.25) is 14.2 Å². The molecule has 8 nitrogen and oxygen atoms in total. The number of fused-ring (bicyclic) bond motifs is 3. The number of carbonyl (C=O) groups is 2. The van der Waals surface area contributed by atoms with Gasteiger partial charge in [-0.25, -0.2) is 4.79 Å². The number of piperidine rings is 1. The van der Waals surface area contributed by atoms with Gasteiger partial charge in [-0.05, 0) is 49.6 Å². The first kappa shape index (κ1) is 19.4. The van der Waals surface area contributed by atoms with Crippen LogP contribution in [-0.2, 0) is 11.3 Å². The Bertz CT molecular complexity index is 1210. The number of oxazole rings is 1. The zero-order valence-electron chi connectivity index (χ0n) is 17.0. The molecule has 5 rings (SSSR count). The minimum absolute atomic E-state index is 0.0625. The third-order valence-electron chi connectivity index (χ3n) is 5.97. The average molecular weight is 421 g/mol. The number of aromatic nitrogens is 1. The summed E-state index contributed by atoms with van der Waals surface area (Å²) in [7, 11) is 0. The number of rotatable bonds is 3. The van der Waals surface area contributed by atoms with Gasteiger partial charge in [-0.1, -0.05) is 12.1 Å². The molecule has 31 heavy (non-hydrogen) atoms. The minimum atomic E-state index is -0.589. The van der Waals surface area contributed by atoms with Crippen LogP contribution in [0.25, 0.3) is 11.1 Å². The summed E-state index contributed by atoms with van der Waals surface area (Å²) in [6.07, 6.45) is 3.95. The lowest BCUT2D eigenvalue weighted by atomic mass is 9.97. The molecule has 3 aromatic rings. The van der Waals surface area contributed by atoms with Gasteiger partial charge in [0.05, 0.1) is 17.7 Å². The Balaban J connectivity index is 1.38. The Morgan fingerprint density at radius 2 is 1.97 bits per heavy atom. The van der Waals surface area contributed by atoms with Crippen LogP contribution in [-0.4, -0.2) is 40.5 Å². The molecule has 2 aliphatic heterocycles. The highest BCUT2D eigenvalue weighted by atomic mass is 16.5. The van der Waals surface area contributed by atoms with Crippen LogP contribution in [0.2, 0.25) is 0 Å². The van der Waals surface area contributed by atoms with Gasteiger partial charge in [0.25, 0.3) is 5.91 Å². The maximum Gasteiger partial charge on any atom is 0.420 e. The smallest absolute Gasteiger partial charge is 0.420 e. The van der Waals surface area contributed by atoms with Crippen LogP contribution in [0.15, 0.2) is 51.7 Å². The molecule has 0 saturated carbocycles. The molecule has 1 fully saturated rings. The van der Waals surface area contributed by atoms with E-state index in [-0.39, 0.29) is 24.4 Å². The van der Waals surface area contributed by atoms with Crippen molar-refractivity contribution in [3.63, 3.8) is 0 Å². The zero-order chi connectivity index (χ0) is 21.4. The molecule has 2 amide bonds. The van der Waals surface area contributed by atoms with Gasteiger partial charge in [-0.2, -0.15) is 0 Å². The number of para-hydroxylation sites is 2. The van der Waals surface area contributed by atoms with Crippen LogP contribution in [0.4, 0.5) is 5.69 Å². The standard InChI is InChI=1S/C23H23N3O5/c27-21(14-26-18-6-1-2-7-20(18)31-23(26)29)24-15-8-9-19-17(13-15)22(28)25-11-4-3-5-16(25)10-12-30-19/h1-2,6-9,13,16H,3-5,10-12,14H2,(H,24,27). The summed E-state index contributed by atoms with van der Waals surface area (Å²) in [5.74, 6) is -0.505. The van der Waals surface area contributed by atoms with Crippen molar-refractivity contribution in [2.45, 2.75) is 38.3 Å². The second-order valence-corrected chi connectivity index (χ2v) is 7.97. The predicted molar refractivity (Wildman–Crippen MR) is 114 cm³/mol. The summed E-state index contributed by atoms with van der Waals surface area (Å²) in [6, 6.07) is 12.2. The number of anilines is 1. The summed E-state index contributed by atoms with van der Waals surface area (Å²) >= 11 is 0. The first-order valence-electron chi connectivity index (χ1n) is 10.6. The van der Waals surface area contributed by atoms with E-state index in [1.165, 1.54) is 4.57 Å². The molecule has 160 valence electrons. The molecule has 0 radical (unpaired) electrons. The van der Waals surface area contributed by atoms with Gasteiger partial charge < -0.3 is 19.4 Å². The number of hydrogen-bond donors (Lipinski definition) is 1. The lowest BCUT2D eigenvalue weighted by Crippen LogP contribution is -2.45. The Morgan fingerprint density at radius 3 is 2.87 bits per heavy atom. The second kappa shape index (κ2) is 7.94.